The van der Waals surface area contributed by atoms with Gasteiger partial charge in [-0.15, -0.1) is 11.3 Å². The van der Waals surface area contributed by atoms with E-state index >= 15 is 0 Å². The summed E-state index contributed by atoms with van der Waals surface area (Å²) in [6.45, 7) is 1.99. The molecular formula is C14H11ClN2OS. The summed E-state index contributed by atoms with van der Waals surface area (Å²) in [5.41, 5.74) is 1.99. The minimum atomic E-state index is 0.495. The predicted octanol–water partition coefficient (Wildman–Crippen LogP) is 4.33. The van der Waals surface area contributed by atoms with Crippen LogP contribution in [0.15, 0.2) is 29.6 Å². The Hall–Kier alpha value is -1.65. The lowest BCUT2D eigenvalue weighted by Gasteiger charge is -2.07. The van der Waals surface area contributed by atoms with E-state index < -0.39 is 0 Å². The van der Waals surface area contributed by atoms with E-state index in [0.717, 1.165) is 27.1 Å². The van der Waals surface area contributed by atoms with Gasteiger partial charge in [0.2, 0.25) is 0 Å². The molecule has 3 aromatic rings. The van der Waals surface area contributed by atoms with Crippen LogP contribution in [-0.2, 0) is 0 Å². The Balaban J connectivity index is 2.15. The lowest BCUT2D eigenvalue weighted by Crippen LogP contribution is -1.92. The van der Waals surface area contributed by atoms with Gasteiger partial charge in [0, 0.05) is 10.9 Å². The van der Waals surface area contributed by atoms with Crippen molar-refractivity contribution >= 4 is 33.2 Å². The highest BCUT2D eigenvalue weighted by atomic mass is 35.5. The minimum absolute atomic E-state index is 0.495. The molecule has 0 aliphatic carbocycles. The van der Waals surface area contributed by atoms with Crippen molar-refractivity contribution in [2.75, 3.05) is 7.11 Å². The van der Waals surface area contributed by atoms with Gasteiger partial charge in [-0.25, -0.2) is 9.97 Å². The number of fused-ring (bicyclic) bond motifs is 1. The zero-order chi connectivity index (χ0) is 13.4. The average Bonchev–Trinajstić information content (AvgIpc) is 2.87. The number of halogens is 1. The normalized spacial score (nSPS) is 10.9. The van der Waals surface area contributed by atoms with Crippen LogP contribution in [0.5, 0.6) is 5.75 Å². The number of methoxy groups -OCH3 is 1. The predicted molar refractivity (Wildman–Crippen MR) is 79.2 cm³/mol. The highest BCUT2D eigenvalue weighted by molar-refractivity contribution is 7.16. The first-order valence-corrected chi connectivity index (χ1v) is 7.00. The fraction of sp³-hybridized carbons (Fsp3) is 0.143. The SMILES string of the molecule is COc1ccc(-c2nc(Cl)c3ccsc3n2)cc1C. The second kappa shape index (κ2) is 4.79. The molecule has 2 heterocycles. The minimum Gasteiger partial charge on any atom is -0.496 e. The van der Waals surface area contributed by atoms with E-state index in [1.807, 2.05) is 36.6 Å². The highest BCUT2D eigenvalue weighted by Gasteiger charge is 2.10. The number of aromatic nitrogens is 2. The van der Waals surface area contributed by atoms with E-state index in [4.69, 9.17) is 16.3 Å². The summed E-state index contributed by atoms with van der Waals surface area (Å²) in [6, 6.07) is 7.80. The van der Waals surface area contributed by atoms with Crippen molar-refractivity contribution in [2.45, 2.75) is 6.92 Å². The van der Waals surface area contributed by atoms with Crippen molar-refractivity contribution in [2.24, 2.45) is 0 Å². The third-order valence-electron chi connectivity index (χ3n) is 2.93. The first-order valence-electron chi connectivity index (χ1n) is 5.75. The summed E-state index contributed by atoms with van der Waals surface area (Å²) in [4.78, 5) is 9.81. The summed E-state index contributed by atoms with van der Waals surface area (Å²) < 4.78 is 5.25. The van der Waals surface area contributed by atoms with E-state index in [1.165, 1.54) is 0 Å². The summed E-state index contributed by atoms with van der Waals surface area (Å²) in [6.07, 6.45) is 0. The standard InChI is InChI=1S/C14H11ClN2OS/c1-8-7-9(3-4-11(8)18-2)13-16-12(15)10-5-6-19-14(10)17-13/h3-7H,1-2H3. The van der Waals surface area contributed by atoms with E-state index in [0.29, 0.717) is 11.0 Å². The number of hydrogen-bond acceptors (Lipinski definition) is 4. The molecule has 19 heavy (non-hydrogen) atoms. The van der Waals surface area contributed by atoms with Crippen LogP contribution >= 0.6 is 22.9 Å². The molecule has 0 aliphatic rings. The van der Waals surface area contributed by atoms with Crippen molar-refractivity contribution in [3.63, 3.8) is 0 Å². The Bertz CT molecular complexity index is 754. The number of nitrogens with zero attached hydrogens (tertiary/aromatic N) is 2. The second-order valence-corrected chi connectivity index (χ2v) is 5.41. The molecular weight excluding hydrogens is 280 g/mol. The van der Waals surface area contributed by atoms with Gasteiger partial charge in [-0.1, -0.05) is 11.6 Å². The number of rotatable bonds is 2. The highest BCUT2D eigenvalue weighted by Crippen LogP contribution is 2.29. The fourth-order valence-electron chi connectivity index (χ4n) is 1.97. The van der Waals surface area contributed by atoms with Gasteiger partial charge in [-0.05, 0) is 42.1 Å². The molecule has 0 amide bonds. The average molecular weight is 291 g/mol. The third-order valence-corrected chi connectivity index (χ3v) is 4.03. The molecule has 0 aliphatic heterocycles. The van der Waals surface area contributed by atoms with Crippen molar-refractivity contribution < 1.29 is 4.74 Å². The molecule has 1 aromatic carbocycles. The molecule has 2 aromatic heterocycles. The lowest BCUT2D eigenvalue weighted by atomic mass is 10.1. The smallest absolute Gasteiger partial charge is 0.162 e. The monoisotopic (exact) mass is 290 g/mol. The van der Waals surface area contributed by atoms with Crippen molar-refractivity contribution in [3.8, 4) is 17.1 Å². The van der Waals surface area contributed by atoms with Gasteiger partial charge in [0.25, 0.3) is 0 Å². The molecule has 0 N–H and O–H groups in total. The van der Waals surface area contributed by atoms with Crippen LogP contribution in [0.25, 0.3) is 21.6 Å². The van der Waals surface area contributed by atoms with Gasteiger partial charge in [-0.3, -0.25) is 0 Å². The van der Waals surface area contributed by atoms with Gasteiger partial charge in [-0.2, -0.15) is 0 Å². The van der Waals surface area contributed by atoms with E-state index in [-0.39, 0.29) is 0 Å². The molecule has 0 radical (unpaired) electrons. The lowest BCUT2D eigenvalue weighted by molar-refractivity contribution is 0.412. The molecule has 0 saturated heterocycles. The maximum absolute atomic E-state index is 6.18. The molecule has 0 saturated carbocycles. The van der Waals surface area contributed by atoms with Gasteiger partial charge in [0.15, 0.2) is 5.82 Å². The van der Waals surface area contributed by atoms with Crippen LogP contribution < -0.4 is 4.74 Å². The molecule has 0 atom stereocenters. The van der Waals surface area contributed by atoms with Crippen LogP contribution in [0, 0.1) is 6.92 Å². The molecule has 3 rings (SSSR count). The first kappa shape index (κ1) is 12.4. The quantitative estimate of drug-likeness (QED) is 0.659. The maximum Gasteiger partial charge on any atom is 0.162 e. The first-order chi connectivity index (χ1) is 9.19. The van der Waals surface area contributed by atoms with E-state index in [1.54, 1.807) is 18.4 Å². The van der Waals surface area contributed by atoms with E-state index in [2.05, 4.69) is 9.97 Å². The molecule has 0 bridgehead atoms. The number of thiophene rings is 1. The van der Waals surface area contributed by atoms with Gasteiger partial charge >= 0.3 is 0 Å². The van der Waals surface area contributed by atoms with Crippen LogP contribution in [0.4, 0.5) is 0 Å². The Morgan fingerprint density at radius 3 is 2.79 bits per heavy atom. The zero-order valence-corrected chi connectivity index (χ0v) is 12.0. The Morgan fingerprint density at radius 2 is 2.05 bits per heavy atom. The van der Waals surface area contributed by atoms with Crippen LogP contribution in [-0.4, -0.2) is 17.1 Å². The number of ether oxygens (including phenoxy) is 1. The third kappa shape index (κ3) is 2.17. The topological polar surface area (TPSA) is 35.0 Å². The van der Waals surface area contributed by atoms with Crippen LogP contribution in [0.3, 0.4) is 0 Å². The Labute approximate surface area is 119 Å². The summed E-state index contributed by atoms with van der Waals surface area (Å²) >= 11 is 7.74. The van der Waals surface area contributed by atoms with Crippen molar-refractivity contribution in [1.82, 2.24) is 9.97 Å². The fourth-order valence-corrected chi connectivity index (χ4v) is 3.02. The summed E-state index contributed by atoms with van der Waals surface area (Å²) in [5.74, 6) is 1.50. The zero-order valence-electron chi connectivity index (χ0n) is 10.5. The molecule has 96 valence electrons. The second-order valence-electron chi connectivity index (χ2n) is 4.16. The molecule has 3 nitrogen and oxygen atoms in total. The Morgan fingerprint density at radius 1 is 1.21 bits per heavy atom. The molecule has 0 fully saturated rings. The maximum atomic E-state index is 6.18. The number of benzene rings is 1. The summed E-state index contributed by atoms with van der Waals surface area (Å²) in [5, 5.41) is 3.37. The molecule has 0 unspecified atom stereocenters. The molecule has 0 spiro atoms. The summed E-state index contributed by atoms with van der Waals surface area (Å²) in [7, 11) is 1.66. The Kier molecular flexibility index (Phi) is 3.12. The van der Waals surface area contributed by atoms with Gasteiger partial charge in [0.1, 0.15) is 15.7 Å². The van der Waals surface area contributed by atoms with Crippen LogP contribution in [0.1, 0.15) is 5.56 Å². The van der Waals surface area contributed by atoms with Crippen molar-refractivity contribution in [1.29, 1.82) is 0 Å². The molecule has 5 heteroatoms. The van der Waals surface area contributed by atoms with Crippen molar-refractivity contribution in [3.05, 3.63) is 40.4 Å². The van der Waals surface area contributed by atoms with Gasteiger partial charge in [0.05, 0.1) is 7.11 Å². The van der Waals surface area contributed by atoms with Gasteiger partial charge < -0.3 is 4.74 Å². The number of aryl methyl sites for hydroxylation is 1. The van der Waals surface area contributed by atoms with E-state index in [9.17, 15) is 0 Å². The van der Waals surface area contributed by atoms with Crippen LogP contribution in [0.2, 0.25) is 5.15 Å². The largest absolute Gasteiger partial charge is 0.496 e. The number of hydrogen-bond donors (Lipinski definition) is 0.